The molecular formula is C23H13ClN4. The molecule has 0 radical (unpaired) electrons. The molecule has 28 heavy (non-hydrogen) atoms. The summed E-state index contributed by atoms with van der Waals surface area (Å²) in [5, 5.41) is 15.2. The van der Waals surface area contributed by atoms with Gasteiger partial charge in [-0.2, -0.15) is 10.4 Å². The van der Waals surface area contributed by atoms with Crippen molar-refractivity contribution in [3.63, 3.8) is 0 Å². The van der Waals surface area contributed by atoms with Crippen molar-refractivity contribution in [3.05, 3.63) is 89.7 Å². The number of rotatable bonds is 2. The van der Waals surface area contributed by atoms with E-state index in [0.29, 0.717) is 10.7 Å². The first-order valence-electron chi connectivity index (χ1n) is 8.77. The number of nitriles is 1. The van der Waals surface area contributed by atoms with E-state index in [-0.39, 0.29) is 0 Å². The average Bonchev–Trinajstić information content (AvgIpc) is 3.10. The third kappa shape index (κ3) is 2.70. The number of fused-ring (bicyclic) bond motifs is 3. The summed E-state index contributed by atoms with van der Waals surface area (Å²) in [7, 11) is 0. The zero-order valence-corrected chi connectivity index (χ0v) is 15.4. The minimum Gasteiger partial charge on any atom is -0.221 e. The summed E-state index contributed by atoms with van der Waals surface area (Å²) in [6.45, 7) is 0. The Kier molecular flexibility index (Phi) is 3.82. The second-order valence-electron chi connectivity index (χ2n) is 6.50. The normalized spacial score (nSPS) is 11.0. The lowest BCUT2D eigenvalue weighted by Gasteiger charge is -2.04. The maximum absolute atomic E-state index is 9.14. The molecule has 3 aromatic carbocycles. The zero-order valence-electron chi connectivity index (χ0n) is 14.7. The highest BCUT2D eigenvalue weighted by atomic mass is 35.5. The molecule has 0 N–H and O–H groups in total. The molecule has 0 aliphatic heterocycles. The van der Waals surface area contributed by atoms with Crippen molar-refractivity contribution in [1.29, 1.82) is 5.26 Å². The van der Waals surface area contributed by atoms with Crippen LogP contribution in [-0.2, 0) is 0 Å². The van der Waals surface area contributed by atoms with Gasteiger partial charge >= 0.3 is 0 Å². The molecule has 0 saturated carbocycles. The van der Waals surface area contributed by atoms with E-state index in [4.69, 9.17) is 22.0 Å². The van der Waals surface area contributed by atoms with Crippen LogP contribution >= 0.6 is 11.6 Å². The predicted octanol–water partition coefficient (Wildman–Crippen LogP) is 5.74. The second-order valence-corrected chi connectivity index (χ2v) is 6.86. The van der Waals surface area contributed by atoms with E-state index >= 15 is 0 Å². The largest absolute Gasteiger partial charge is 0.221 e. The summed E-state index contributed by atoms with van der Waals surface area (Å²) in [5.74, 6) is 0. The van der Waals surface area contributed by atoms with Crippen molar-refractivity contribution < 1.29 is 0 Å². The predicted molar refractivity (Wildman–Crippen MR) is 111 cm³/mol. The van der Waals surface area contributed by atoms with Crippen molar-refractivity contribution in [2.45, 2.75) is 0 Å². The van der Waals surface area contributed by atoms with E-state index in [9.17, 15) is 0 Å². The molecule has 2 aromatic heterocycles. The van der Waals surface area contributed by atoms with Gasteiger partial charge < -0.3 is 0 Å². The third-order valence-corrected chi connectivity index (χ3v) is 5.05. The van der Waals surface area contributed by atoms with Crippen molar-refractivity contribution in [2.75, 3.05) is 0 Å². The van der Waals surface area contributed by atoms with Crippen molar-refractivity contribution in [3.8, 4) is 28.3 Å². The van der Waals surface area contributed by atoms with Crippen molar-refractivity contribution >= 4 is 28.2 Å². The average molecular weight is 381 g/mol. The Morgan fingerprint density at radius 1 is 0.857 bits per heavy atom. The number of halogens is 1. The SMILES string of the molecule is N#Cc1cccc(-c2ccc3c(c2)nn2cc(-c4ccccc4)c(Cl)nc32)c1. The van der Waals surface area contributed by atoms with Crippen LogP contribution < -0.4 is 0 Å². The molecule has 4 nitrogen and oxygen atoms in total. The first kappa shape index (κ1) is 16.5. The standard InChI is InChI=1S/C23H13ClN4/c24-22-20(16-6-2-1-3-7-16)14-28-23(26-22)19-10-9-18(12-21(19)27-28)17-8-4-5-15(11-17)13-25/h1-12,14H. The van der Waals surface area contributed by atoms with Crippen molar-refractivity contribution in [2.24, 2.45) is 0 Å². The van der Waals surface area contributed by atoms with E-state index in [1.165, 1.54) is 0 Å². The first-order chi connectivity index (χ1) is 13.7. The van der Waals surface area contributed by atoms with Crippen LogP contribution in [0.1, 0.15) is 5.56 Å². The minimum absolute atomic E-state index is 0.450. The summed E-state index contributed by atoms with van der Waals surface area (Å²) in [6, 6.07) is 25.6. The highest BCUT2D eigenvalue weighted by Crippen LogP contribution is 2.30. The maximum Gasteiger partial charge on any atom is 0.164 e. The number of aromatic nitrogens is 3. The summed E-state index contributed by atoms with van der Waals surface area (Å²) in [5.41, 5.74) is 6.00. The Bertz CT molecular complexity index is 1380. The van der Waals surface area contributed by atoms with E-state index in [1.807, 2.05) is 72.9 Å². The van der Waals surface area contributed by atoms with Crippen LogP contribution in [-0.4, -0.2) is 14.6 Å². The Labute approximate surface area is 166 Å². The Balaban J connectivity index is 1.68. The van der Waals surface area contributed by atoms with Gasteiger partial charge in [0.25, 0.3) is 0 Å². The molecule has 0 unspecified atom stereocenters. The van der Waals surface area contributed by atoms with Crippen molar-refractivity contribution in [1.82, 2.24) is 14.6 Å². The fourth-order valence-corrected chi connectivity index (χ4v) is 3.62. The fraction of sp³-hybridized carbons (Fsp3) is 0. The second kappa shape index (κ2) is 6.49. The summed E-state index contributed by atoms with van der Waals surface area (Å²) >= 11 is 6.47. The molecule has 0 fully saturated rings. The van der Waals surface area contributed by atoms with Gasteiger partial charge in [0.1, 0.15) is 5.15 Å². The summed E-state index contributed by atoms with van der Waals surface area (Å²) < 4.78 is 1.77. The quantitative estimate of drug-likeness (QED) is 0.367. The smallest absolute Gasteiger partial charge is 0.164 e. The molecule has 0 atom stereocenters. The lowest BCUT2D eigenvalue weighted by Crippen LogP contribution is -1.93. The summed E-state index contributed by atoms with van der Waals surface area (Å²) in [4.78, 5) is 4.59. The molecule has 132 valence electrons. The van der Waals surface area contributed by atoms with Crippen LogP contribution in [0.5, 0.6) is 0 Å². The van der Waals surface area contributed by atoms with Crippen LogP contribution in [0.3, 0.4) is 0 Å². The Hall–Kier alpha value is -3.68. The molecule has 5 rings (SSSR count). The van der Waals surface area contributed by atoms with Gasteiger partial charge in [0, 0.05) is 17.1 Å². The fourth-order valence-electron chi connectivity index (χ4n) is 3.38. The lowest BCUT2D eigenvalue weighted by atomic mass is 10.0. The zero-order chi connectivity index (χ0) is 19.1. The van der Waals surface area contributed by atoms with Gasteiger partial charge in [0.2, 0.25) is 0 Å². The maximum atomic E-state index is 9.14. The Morgan fingerprint density at radius 2 is 1.64 bits per heavy atom. The molecule has 2 heterocycles. The Morgan fingerprint density at radius 3 is 2.46 bits per heavy atom. The van der Waals surface area contributed by atoms with Crippen LogP contribution in [0.4, 0.5) is 0 Å². The first-order valence-corrected chi connectivity index (χ1v) is 9.15. The van der Waals surface area contributed by atoms with Gasteiger partial charge in [-0.1, -0.05) is 60.1 Å². The molecule has 0 amide bonds. The van der Waals surface area contributed by atoms with Crippen LogP contribution in [0.25, 0.3) is 38.8 Å². The lowest BCUT2D eigenvalue weighted by molar-refractivity contribution is 0.959. The van der Waals surface area contributed by atoms with Crippen LogP contribution in [0, 0.1) is 11.3 Å². The van der Waals surface area contributed by atoms with Gasteiger partial charge in [-0.25, -0.2) is 9.50 Å². The van der Waals surface area contributed by atoms with E-state index in [2.05, 4.69) is 11.1 Å². The van der Waals surface area contributed by atoms with E-state index < -0.39 is 0 Å². The minimum atomic E-state index is 0.450. The number of benzene rings is 3. The molecular weight excluding hydrogens is 368 g/mol. The monoisotopic (exact) mass is 380 g/mol. The molecule has 0 aliphatic rings. The number of hydrogen-bond acceptors (Lipinski definition) is 3. The van der Waals surface area contributed by atoms with E-state index in [0.717, 1.165) is 38.8 Å². The molecule has 0 spiro atoms. The molecule has 5 heteroatoms. The van der Waals surface area contributed by atoms with Crippen LogP contribution in [0.2, 0.25) is 5.15 Å². The third-order valence-electron chi connectivity index (χ3n) is 4.76. The van der Waals surface area contributed by atoms with Gasteiger partial charge in [0.15, 0.2) is 5.65 Å². The highest BCUT2D eigenvalue weighted by Gasteiger charge is 2.13. The number of hydrogen-bond donors (Lipinski definition) is 0. The van der Waals surface area contributed by atoms with Gasteiger partial charge in [-0.05, 0) is 41.0 Å². The van der Waals surface area contributed by atoms with Gasteiger partial charge in [-0.15, -0.1) is 0 Å². The van der Waals surface area contributed by atoms with Gasteiger partial charge in [0.05, 0.1) is 17.1 Å². The molecule has 0 bridgehead atoms. The molecule has 5 aromatic rings. The highest BCUT2D eigenvalue weighted by molar-refractivity contribution is 6.32. The molecule has 0 aliphatic carbocycles. The summed E-state index contributed by atoms with van der Waals surface area (Å²) in [6.07, 6.45) is 1.91. The molecule has 0 saturated heterocycles. The topological polar surface area (TPSA) is 54.0 Å². The number of nitrogens with zero attached hydrogens (tertiary/aromatic N) is 4. The van der Waals surface area contributed by atoms with Crippen LogP contribution in [0.15, 0.2) is 79.0 Å². The van der Waals surface area contributed by atoms with Gasteiger partial charge in [-0.3, -0.25) is 0 Å². The van der Waals surface area contributed by atoms with E-state index in [1.54, 1.807) is 10.6 Å².